The Labute approximate surface area is 88.2 Å². The molecule has 0 bridgehead atoms. The number of nitrogens with zero attached hydrogens (tertiary/aromatic N) is 4. The maximum absolute atomic E-state index is 10.4. The maximum atomic E-state index is 10.4. The summed E-state index contributed by atoms with van der Waals surface area (Å²) in [6, 6.07) is 5.28. The Morgan fingerprint density at radius 1 is 1.67 bits per heavy atom. The summed E-state index contributed by atoms with van der Waals surface area (Å²) >= 11 is 0.930. The van der Waals surface area contributed by atoms with Crippen LogP contribution in [0.3, 0.4) is 0 Å². The third-order valence-corrected chi connectivity index (χ3v) is 2.68. The van der Waals surface area contributed by atoms with Gasteiger partial charge in [-0.2, -0.15) is 5.26 Å². The minimum Gasteiger partial charge on any atom is -0.284 e. The van der Waals surface area contributed by atoms with Crippen molar-refractivity contribution >= 4 is 16.3 Å². The fourth-order valence-electron chi connectivity index (χ4n) is 1.09. The molecular formula is C8H4N4O2S. The standard InChI is InChI=1S/C8H4N4O2S/c9-4-6-2-1-3-11(6)8-10-5-7(15-8)12(13)14/h1-3,5H. The third-order valence-electron chi connectivity index (χ3n) is 1.73. The van der Waals surface area contributed by atoms with Crippen LogP contribution in [0.25, 0.3) is 5.13 Å². The molecule has 0 aliphatic rings. The van der Waals surface area contributed by atoms with E-state index in [1.165, 1.54) is 10.8 Å². The Morgan fingerprint density at radius 3 is 3.07 bits per heavy atom. The molecule has 0 amide bonds. The first-order valence-corrected chi connectivity index (χ1v) is 4.72. The molecule has 0 fully saturated rings. The highest BCUT2D eigenvalue weighted by molar-refractivity contribution is 7.17. The number of rotatable bonds is 2. The first-order valence-electron chi connectivity index (χ1n) is 3.90. The Bertz CT molecular complexity index is 551. The van der Waals surface area contributed by atoms with Gasteiger partial charge in [0.25, 0.3) is 0 Å². The molecule has 2 rings (SSSR count). The summed E-state index contributed by atoms with van der Waals surface area (Å²) < 4.78 is 1.51. The molecule has 0 saturated heterocycles. The molecule has 0 spiro atoms. The SMILES string of the molecule is N#Cc1cccn1-c1ncc([N+](=O)[O-])s1. The first kappa shape index (κ1) is 9.36. The van der Waals surface area contributed by atoms with Gasteiger partial charge in [-0.3, -0.25) is 14.7 Å². The topological polar surface area (TPSA) is 84.8 Å². The van der Waals surface area contributed by atoms with Gasteiger partial charge in [-0.25, -0.2) is 4.98 Å². The van der Waals surface area contributed by atoms with E-state index in [4.69, 9.17) is 5.26 Å². The van der Waals surface area contributed by atoms with Crippen LogP contribution < -0.4 is 0 Å². The fraction of sp³-hybridized carbons (Fsp3) is 0. The van der Waals surface area contributed by atoms with E-state index in [9.17, 15) is 10.1 Å². The monoisotopic (exact) mass is 220 g/mol. The predicted octanol–water partition coefficient (Wildman–Crippen LogP) is 1.71. The smallest absolute Gasteiger partial charge is 0.284 e. The fourth-order valence-corrected chi connectivity index (χ4v) is 1.82. The summed E-state index contributed by atoms with van der Waals surface area (Å²) in [5.41, 5.74) is 0.402. The Morgan fingerprint density at radius 2 is 2.47 bits per heavy atom. The number of hydrogen-bond acceptors (Lipinski definition) is 5. The average molecular weight is 220 g/mol. The number of nitriles is 1. The van der Waals surface area contributed by atoms with Gasteiger partial charge in [0.1, 0.15) is 18.0 Å². The molecule has 2 aromatic heterocycles. The van der Waals surface area contributed by atoms with E-state index >= 15 is 0 Å². The lowest BCUT2D eigenvalue weighted by Crippen LogP contribution is -1.93. The van der Waals surface area contributed by atoms with E-state index in [1.54, 1.807) is 18.3 Å². The summed E-state index contributed by atoms with van der Waals surface area (Å²) in [5.74, 6) is 0. The van der Waals surface area contributed by atoms with Gasteiger partial charge in [0.2, 0.25) is 5.13 Å². The highest BCUT2D eigenvalue weighted by atomic mass is 32.1. The second-order valence-electron chi connectivity index (χ2n) is 2.61. The number of thiazole rings is 1. The highest BCUT2D eigenvalue weighted by Crippen LogP contribution is 2.24. The Hall–Kier alpha value is -2.20. The van der Waals surface area contributed by atoms with Crippen LogP contribution in [0, 0.1) is 21.4 Å². The molecule has 0 radical (unpaired) electrons. The number of aromatic nitrogens is 2. The molecule has 0 N–H and O–H groups in total. The lowest BCUT2D eigenvalue weighted by atomic mass is 10.5. The van der Waals surface area contributed by atoms with Gasteiger partial charge < -0.3 is 0 Å². The average Bonchev–Trinajstić information content (AvgIpc) is 2.85. The van der Waals surface area contributed by atoms with Crippen molar-refractivity contribution in [3.63, 3.8) is 0 Å². The van der Waals surface area contributed by atoms with E-state index in [-0.39, 0.29) is 5.00 Å². The molecule has 0 aliphatic carbocycles. The molecule has 0 saturated carbocycles. The van der Waals surface area contributed by atoms with Crippen molar-refractivity contribution in [2.45, 2.75) is 0 Å². The quantitative estimate of drug-likeness (QED) is 0.569. The molecule has 6 nitrogen and oxygen atoms in total. The summed E-state index contributed by atoms with van der Waals surface area (Å²) in [6.07, 6.45) is 2.82. The Balaban J connectivity index is 2.47. The van der Waals surface area contributed by atoms with Crippen LogP contribution in [0.4, 0.5) is 5.00 Å². The minimum atomic E-state index is -0.503. The van der Waals surface area contributed by atoms with Gasteiger partial charge in [0.15, 0.2) is 0 Å². The molecule has 0 aliphatic heterocycles. The number of hydrogen-bond donors (Lipinski definition) is 0. The molecule has 0 atom stereocenters. The Kier molecular flexibility index (Phi) is 2.19. The third kappa shape index (κ3) is 1.58. The lowest BCUT2D eigenvalue weighted by molar-refractivity contribution is -0.380. The highest BCUT2D eigenvalue weighted by Gasteiger charge is 2.13. The lowest BCUT2D eigenvalue weighted by Gasteiger charge is -1.95. The van der Waals surface area contributed by atoms with Gasteiger partial charge in [0, 0.05) is 6.20 Å². The van der Waals surface area contributed by atoms with Crippen LogP contribution in [0.2, 0.25) is 0 Å². The maximum Gasteiger partial charge on any atom is 0.345 e. The minimum absolute atomic E-state index is 0.0393. The zero-order valence-corrected chi connectivity index (χ0v) is 8.14. The van der Waals surface area contributed by atoms with Gasteiger partial charge in [-0.1, -0.05) is 0 Å². The normalized spacial score (nSPS) is 9.80. The van der Waals surface area contributed by atoms with Crippen molar-refractivity contribution in [3.05, 3.63) is 40.3 Å². The molecule has 15 heavy (non-hydrogen) atoms. The summed E-state index contributed by atoms with van der Waals surface area (Å²) in [6.45, 7) is 0. The largest absolute Gasteiger partial charge is 0.345 e. The zero-order valence-electron chi connectivity index (χ0n) is 7.32. The van der Waals surface area contributed by atoms with E-state index in [2.05, 4.69) is 4.98 Å². The zero-order chi connectivity index (χ0) is 10.8. The predicted molar refractivity (Wildman–Crippen MR) is 52.8 cm³/mol. The van der Waals surface area contributed by atoms with Gasteiger partial charge in [-0.15, -0.1) is 0 Å². The summed E-state index contributed by atoms with van der Waals surface area (Å²) in [5, 5.41) is 19.6. The summed E-state index contributed by atoms with van der Waals surface area (Å²) in [4.78, 5) is 13.8. The van der Waals surface area contributed by atoms with E-state index < -0.39 is 4.92 Å². The molecule has 2 aromatic rings. The van der Waals surface area contributed by atoms with E-state index in [0.29, 0.717) is 10.8 Å². The van der Waals surface area contributed by atoms with Crippen molar-refractivity contribution in [2.24, 2.45) is 0 Å². The van der Waals surface area contributed by atoms with Gasteiger partial charge in [-0.05, 0) is 23.5 Å². The van der Waals surface area contributed by atoms with E-state index in [1.807, 2.05) is 6.07 Å². The van der Waals surface area contributed by atoms with Crippen molar-refractivity contribution in [3.8, 4) is 11.2 Å². The second-order valence-corrected chi connectivity index (χ2v) is 3.60. The van der Waals surface area contributed by atoms with Crippen molar-refractivity contribution in [2.75, 3.05) is 0 Å². The molecule has 0 unspecified atom stereocenters. The van der Waals surface area contributed by atoms with E-state index in [0.717, 1.165) is 11.3 Å². The first-order chi connectivity index (χ1) is 7.22. The molecule has 7 heteroatoms. The van der Waals surface area contributed by atoms with Crippen LogP contribution in [-0.4, -0.2) is 14.5 Å². The molecule has 74 valence electrons. The number of nitro groups is 1. The van der Waals surface area contributed by atoms with Crippen LogP contribution >= 0.6 is 11.3 Å². The summed E-state index contributed by atoms with van der Waals surface area (Å²) in [7, 11) is 0. The van der Waals surface area contributed by atoms with Crippen LogP contribution in [0.1, 0.15) is 5.69 Å². The molecule has 2 heterocycles. The van der Waals surface area contributed by atoms with Crippen LogP contribution in [0.5, 0.6) is 0 Å². The van der Waals surface area contributed by atoms with Crippen LogP contribution in [0.15, 0.2) is 24.5 Å². The van der Waals surface area contributed by atoms with Crippen LogP contribution in [-0.2, 0) is 0 Å². The van der Waals surface area contributed by atoms with Crippen molar-refractivity contribution < 1.29 is 4.92 Å². The van der Waals surface area contributed by atoms with Crippen molar-refractivity contribution in [1.29, 1.82) is 5.26 Å². The molecular weight excluding hydrogens is 216 g/mol. The van der Waals surface area contributed by atoms with Gasteiger partial charge >= 0.3 is 5.00 Å². The second kappa shape index (κ2) is 3.51. The van der Waals surface area contributed by atoms with Crippen molar-refractivity contribution in [1.82, 2.24) is 9.55 Å². The molecule has 0 aromatic carbocycles. The van der Waals surface area contributed by atoms with Gasteiger partial charge in [0.05, 0.1) is 4.92 Å².